The fourth-order valence-corrected chi connectivity index (χ4v) is 2.13. The molecule has 0 bridgehead atoms. The second-order valence-corrected chi connectivity index (χ2v) is 4.86. The third kappa shape index (κ3) is 3.27. The Morgan fingerprint density at radius 1 is 1.35 bits per heavy atom. The zero-order valence-electron chi connectivity index (χ0n) is 9.56. The Labute approximate surface area is 109 Å². The summed E-state index contributed by atoms with van der Waals surface area (Å²) in [6, 6.07) is 7.80. The van der Waals surface area contributed by atoms with Gasteiger partial charge in [-0.25, -0.2) is 0 Å². The van der Waals surface area contributed by atoms with Crippen LogP contribution < -0.4 is 0 Å². The Hall–Kier alpha value is -1.42. The van der Waals surface area contributed by atoms with E-state index in [2.05, 4.69) is 21.0 Å². The van der Waals surface area contributed by atoms with E-state index in [1.54, 1.807) is 10.9 Å². The Bertz CT molecular complexity index is 534. The lowest BCUT2D eigenvalue weighted by atomic mass is 10.1. The molecule has 0 aliphatic heterocycles. The maximum Gasteiger partial charge on any atom is 0.141 e. The predicted octanol–water partition coefficient (Wildman–Crippen LogP) is 2.54. The fourth-order valence-electron chi connectivity index (χ4n) is 1.71. The van der Waals surface area contributed by atoms with Gasteiger partial charge < -0.3 is 0 Å². The van der Waals surface area contributed by atoms with Gasteiger partial charge in [0.1, 0.15) is 5.78 Å². The Morgan fingerprint density at radius 3 is 2.76 bits per heavy atom. The number of carbonyl (C=O) groups is 1. The molecule has 88 valence electrons. The van der Waals surface area contributed by atoms with Gasteiger partial charge in [0.15, 0.2) is 0 Å². The molecule has 1 aromatic heterocycles. The van der Waals surface area contributed by atoms with Crippen LogP contribution >= 0.6 is 15.9 Å². The molecule has 0 saturated carbocycles. The minimum atomic E-state index is 0.199. The zero-order valence-corrected chi connectivity index (χ0v) is 11.1. The highest BCUT2D eigenvalue weighted by molar-refractivity contribution is 9.10. The first-order chi connectivity index (χ1) is 8.15. The average molecular weight is 293 g/mol. The van der Waals surface area contributed by atoms with Crippen molar-refractivity contribution in [1.82, 2.24) is 9.78 Å². The molecular formula is C13H13BrN2O. The van der Waals surface area contributed by atoms with Crippen LogP contribution in [0.15, 0.2) is 41.1 Å². The lowest BCUT2D eigenvalue weighted by Gasteiger charge is -2.02. The number of rotatable bonds is 4. The summed E-state index contributed by atoms with van der Waals surface area (Å²) < 4.78 is 2.70. The summed E-state index contributed by atoms with van der Waals surface area (Å²) in [5.74, 6) is 0.199. The number of nitrogens with zero attached hydrogens (tertiary/aromatic N) is 2. The summed E-state index contributed by atoms with van der Waals surface area (Å²) in [4.78, 5) is 11.9. The normalized spacial score (nSPS) is 10.5. The molecule has 0 aliphatic rings. The molecule has 0 amide bonds. The van der Waals surface area contributed by atoms with E-state index in [1.165, 1.54) is 0 Å². The molecule has 3 nitrogen and oxygen atoms in total. The van der Waals surface area contributed by atoms with Gasteiger partial charge in [-0.2, -0.15) is 5.10 Å². The van der Waals surface area contributed by atoms with Crippen LogP contribution in [0.4, 0.5) is 0 Å². The molecule has 2 rings (SSSR count). The number of aromatic nitrogens is 2. The summed E-state index contributed by atoms with van der Waals surface area (Å²) >= 11 is 3.45. The highest BCUT2D eigenvalue weighted by Crippen LogP contribution is 2.17. The molecule has 0 atom stereocenters. The molecule has 0 N–H and O–H groups in total. The van der Waals surface area contributed by atoms with Crippen molar-refractivity contribution in [2.45, 2.75) is 12.8 Å². The summed E-state index contributed by atoms with van der Waals surface area (Å²) in [7, 11) is 1.85. The predicted molar refractivity (Wildman–Crippen MR) is 69.8 cm³/mol. The van der Waals surface area contributed by atoms with Crippen molar-refractivity contribution in [2.75, 3.05) is 0 Å². The lowest BCUT2D eigenvalue weighted by molar-refractivity contribution is -0.117. The number of hydrogen-bond acceptors (Lipinski definition) is 2. The van der Waals surface area contributed by atoms with Crippen LogP contribution in [0.3, 0.4) is 0 Å². The highest BCUT2D eigenvalue weighted by Gasteiger charge is 2.08. The molecule has 4 heteroatoms. The molecule has 2 aromatic rings. The topological polar surface area (TPSA) is 34.9 Å². The third-order valence-corrected chi connectivity index (χ3v) is 3.28. The van der Waals surface area contributed by atoms with Gasteiger partial charge in [0, 0.05) is 30.6 Å². The maximum absolute atomic E-state index is 11.9. The fraction of sp³-hybridized carbons (Fsp3) is 0.231. The maximum atomic E-state index is 11.9. The molecule has 0 fully saturated rings. The van der Waals surface area contributed by atoms with Crippen LogP contribution in [0.25, 0.3) is 0 Å². The SMILES string of the molecule is Cn1cc(CC(=O)Cc2ccccc2Br)cn1. The number of hydrogen-bond donors (Lipinski definition) is 0. The molecule has 0 saturated heterocycles. The van der Waals surface area contributed by atoms with Crippen molar-refractivity contribution in [3.8, 4) is 0 Å². The molecular weight excluding hydrogens is 280 g/mol. The van der Waals surface area contributed by atoms with Gasteiger partial charge in [-0.05, 0) is 17.2 Å². The zero-order chi connectivity index (χ0) is 12.3. The van der Waals surface area contributed by atoms with Gasteiger partial charge in [-0.3, -0.25) is 9.48 Å². The number of aryl methyl sites for hydroxylation is 1. The van der Waals surface area contributed by atoms with E-state index in [9.17, 15) is 4.79 Å². The van der Waals surface area contributed by atoms with Gasteiger partial charge >= 0.3 is 0 Å². The van der Waals surface area contributed by atoms with Crippen molar-refractivity contribution >= 4 is 21.7 Å². The first-order valence-electron chi connectivity index (χ1n) is 5.38. The van der Waals surface area contributed by atoms with Gasteiger partial charge in [-0.1, -0.05) is 34.1 Å². The largest absolute Gasteiger partial charge is 0.299 e. The van der Waals surface area contributed by atoms with Gasteiger partial charge in [0.05, 0.1) is 6.20 Å². The Kier molecular flexibility index (Phi) is 3.74. The van der Waals surface area contributed by atoms with Crippen molar-refractivity contribution < 1.29 is 4.79 Å². The van der Waals surface area contributed by atoms with Crippen molar-refractivity contribution in [1.29, 1.82) is 0 Å². The first-order valence-corrected chi connectivity index (χ1v) is 6.17. The standard InChI is InChI=1S/C13H13BrN2O/c1-16-9-10(8-15-16)6-12(17)7-11-4-2-3-5-13(11)14/h2-5,8-9H,6-7H2,1H3. The first kappa shape index (κ1) is 12.0. The Balaban J connectivity index is 2.01. The second-order valence-electron chi connectivity index (χ2n) is 4.01. The van der Waals surface area contributed by atoms with Gasteiger partial charge in [0.25, 0.3) is 0 Å². The minimum absolute atomic E-state index is 0.199. The quantitative estimate of drug-likeness (QED) is 0.868. The summed E-state index contributed by atoms with van der Waals surface area (Å²) in [5.41, 5.74) is 1.99. The van der Waals surface area contributed by atoms with Crippen molar-refractivity contribution in [3.05, 3.63) is 52.3 Å². The molecule has 17 heavy (non-hydrogen) atoms. The van der Waals surface area contributed by atoms with E-state index in [0.717, 1.165) is 15.6 Å². The average Bonchev–Trinajstić information content (AvgIpc) is 2.67. The van der Waals surface area contributed by atoms with Crippen LogP contribution in [-0.4, -0.2) is 15.6 Å². The molecule has 0 spiro atoms. The molecule has 1 aromatic carbocycles. The number of Topliss-reactive ketones (excluding diaryl/α,β-unsaturated/α-hetero) is 1. The van der Waals surface area contributed by atoms with Crippen LogP contribution in [-0.2, 0) is 24.7 Å². The van der Waals surface area contributed by atoms with Crippen LogP contribution in [0.5, 0.6) is 0 Å². The molecule has 0 aliphatic carbocycles. The van der Waals surface area contributed by atoms with E-state index < -0.39 is 0 Å². The van der Waals surface area contributed by atoms with Gasteiger partial charge in [0.2, 0.25) is 0 Å². The van der Waals surface area contributed by atoms with E-state index in [-0.39, 0.29) is 5.78 Å². The second kappa shape index (κ2) is 5.27. The molecule has 0 unspecified atom stereocenters. The third-order valence-electron chi connectivity index (χ3n) is 2.51. The molecule has 0 radical (unpaired) electrons. The summed E-state index contributed by atoms with van der Waals surface area (Å²) in [6.07, 6.45) is 4.50. The van der Waals surface area contributed by atoms with E-state index >= 15 is 0 Å². The van der Waals surface area contributed by atoms with E-state index in [0.29, 0.717) is 12.8 Å². The summed E-state index contributed by atoms with van der Waals surface area (Å²) in [6.45, 7) is 0. The number of halogens is 1. The Morgan fingerprint density at radius 2 is 2.12 bits per heavy atom. The number of carbonyl (C=O) groups excluding carboxylic acids is 1. The van der Waals surface area contributed by atoms with Crippen LogP contribution in [0.2, 0.25) is 0 Å². The van der Waals surface area contributed by atoms with Crippen molar-refractivity contribution in [3.63, 3.8) is 0 Å². The number of benzene rings is 1. The monoisotopic (exact) mass is 292 g/mol. The van der Waals surface area contributed by atoms with E-state index in [1.807, 2.05) is 37.5 Å². The van der Waals surface area contributed by atoms with Crippen molar-refractivity contribution in [2.24, 2.45) is 7.05 Å². The summed E-state index contributed by atoms with van der Waals surface area (Å²) in [5, 5.41) is 4.05. The smallest absolute Gasteiger partial charge is 0.141 e. The van der Waals surface area contributed by atoms with E-state index in [4.69, 9.17) is 0 Å². The molecule has 1 heterocycles. The van der Waals surface area contributed by atoms with Crippen LogP contribution in [0, 0.1) is 0 Å². The minimum Gasteiger partial charge on any atom is -0.299 e. The van der Waals surface area contributed by atoms with Gasteiger partial charge in [-0.15, -0.1) is 0 Å². The lowest BCUT2D eigenvalue weighted by Crippen LogP contribution is -2.06. The highest BCUT2D eigenvalue weighted by atomic mass is 79.9. The van der Waals surface area contributed by atoms with Crippen LogP contribution in [0.1, 0.15) is 11.1 Å². The number of ketones is 1.